The molecule has 26 heavy (non-hydrogen) atoms. The molecule has 4 rings (SSSR count). The summed E-state index contributed by atoms with van der Waals surface area (Å²) in [5, 5.41) is 5.36. The number of hydrogen-bond donors (Lipinski definition) is 1. The van der Waals surface area contributed by atoms with E-state index in [1.165, 1.54) is 0 Å². The van der Waals surface area contributed by atoms with Gasteiger partial charge in [-0.15, -0.1) is 0 Å². The molecule has 4 aromatic rings. The summed E-state index contributed by atoms with van der Waals surface area (Å²) in [7, 11) is 0. The zero-order chi connectivity index (χ0) is 18.1. The summed E-state index contributed by atoms with van der Waals surface area (Å²) in [5.41, 5.74) is 2.24. The molecule has 0 bridgehead atoms. The lowest BCUT2D eigenvalue weighted by Crippen LogP contribution is -2.00. The number of benzene rings is 2. The van der Waals surface area contributed by atoms with E-state index in [4.69, 9.17) is 34.8 Å². The van der Waals surface area contributed by atoms with Crippen molar-refractivity contribution in [2.24, 2.45) is 0 Å². The summed E-state index contributed by atoms with van der Waals surface area (Å²) in [6.07, 6.45) is 3.43. The summed E-state index contributed by atoms with van der Waals surface area (Å²) in [6.45, 7) is 0. The average molecular weight is 402 g/mol. The first-order chi connectivity index (χ1) is 12.6. The van der Waals surface area contributed by atoms with Crippen LogP contribution in [-0.4, -0.2) is 15.0 Å². The number of rotatable bonds is 3. The van der Waals surface area contributed by atoms with Crippen molar-refractivity contribution in [1.82, 2.24) is 15.0 Å². The van der Waals surface area contributed by atoms with Gasteiger partial charge in [-0.25, -0.2) is 9.97 Å². The molecule has 4 nitrogen and oxygen atoms in total. The average Bonchev–Trinajstić information content (AvgIpc) is 2.66. The Labute approximate surface area is 164 Å². The number of pyridine rings is 1. The SMILES string of the molecule is Clc1cc(Cl)c(Nc2nc(-c3cccnc3)nc3ccccc23)cc1Cl. The molecule has 0 spiro atoms. The number of para-hydroxylation sites is 1. The smallest absolute Gasteiger partial charge is 0.163 e. The largest absolute Gasteiger partial charge is 0.338 e. The Hall–Kier alpha value is -2.40. The van der Waals surface area contributed by atoms with Gasteiger partial charge in [-0.2, -0.15) is 0 Å². The summed E-state index contributed by atoms with van der Waals surface area (Å²) < 4.78 is 0. The Morgan fingerprint density at radius 2 is 1.62 bits per heavy atom. The van der Waals surface area contributed by atoms with Gasteiger partial charge in [0, 0.05) is 23.3 Å². The number of hydrogen-bond acceptors (Lipinski definition) is 4. The highest BCUT2D eigenvalue weighted by atomic mass is 35.5. The lowest BCUT2D eigenvalue weighted by molar-refractivity contribution is 1.20. The molecule has 2 aromatic carbocycles. The quantitative estimate of drug-likeness (QED) is 0.404. The van der Waals surface area contributed by atoms with Crippen LogP contribution >= 0.6 is 34.8 Å². The zero-order valence-electron chi connectivity index (χ0n) is 13.2. The minimum atomic E-state index is 0.394. The van der Waals surface area contributed by atoms with E-state index in [0.717, 1.165) is 16.5 Å². The van der Waals surface area contributed by atoms with Crippen LogP contribution in [0.15, 0.2) is 60.9 Å². The highest BCUT2D eigenvalue weighted by Crippen LogP contribution is 2.35. The molecule has 2 heterocycles. The van der Waals surface area contributed by atoms with Crippen molar-refractivity contribution in [3.63, 3.8) is 0 Å². The minimum absolute atomic E-state index is 0.394. The monoisotopic (exact) mass is 400 g/mol. The first-order valence-electron chi connectivity index (χ1n) is 7.70. The van der Waals surface area contributed by atoms with Crippen LogP contribution in [0.4, 0.5) is 11.5 Å². The number of nitrogens with one attached hydrogen (secondary N) is 1. The fraction of sp³-hybridized carbons (Fsp3) is 0. The third kappa shape index (κ3) is 3.31. The molecule has 1 N–H and O–H groups in total. The normalized spacial score (nSPS) is 10.9. The van der Waals surface area contributed by atoms with E-state index in [1.54, 1.807) is 24.5 Å². The molecular formula is C19H11Cl3N4. The summed E-state index contributed by atoms with van der Waals surface area (Å²) in [4.78, 5) is 13.4. The lowest BCUT2D eigenvalue weighted by Gasteiger charge is -2.13. The van der Waals surface area contributed by atoms with Crippen molar-refractivity contribution in [1.29, 1.82) is 0 Å². The number of nitrogens with zero attached hydrogens (tertiary/aromatic N) is 3. The Morgan fingerprint density at radius 1 is 0.808 bits per heavy atom. The highest BCUT2D eigenvalue weighted by molar-refractivity contribution is 6.44. The van der Waals surface area contributed by atoms with Gasteiger partial charge in [-0.1, -0.05) is 46.9 Å². The molecule has 0 aliphatic carbocycles. The van der Waals surface area contributed by atoms with Gasteiger partial charge in [-0.05, 0) is 36.4 Å². The van der Waals surface area contributed by atoms with Crippen LogP contribution in [0.3, 0.4) is 0 Å². The van der Waals surface area contributed by atoms with Gasteiger partial charge in [0.1, 0.15) is 5.82 Å². The predicted octanol–water partition coefficient (Wildman–Crippen LogP) is 6.40. The van der Waals surface area contributed by atoms with Crippen LogP contribution in [0.5, 0.6) is 0 Å². The van der Waals surface area contributed by atoms with E-state index in [1.807, 2.05) is 36.4 Å². The lowest BCUT2D eigenvalue weighted by atomic mass is 10.2. The third-order valence-corrected chi connectivity index (χ3v) is 4.82. The molecule has 0 unspecified atom stereocenters. The molecule has 0 saturated heterocycles. The predicted molar refractivity (Wildman–Crippen MR) is 108 cm³/mol. The van der Waals surface area contributed by atoms with Crippen molar-refractivity contribution in [3.8, 4) is 11.4 Å². The number of aromatic nitrogens is 3. The van der Waals surface area contributed by atoms with Gasteiger partial charge < -0.3 is 5.32 Å². The molecule has 0 radical (unpaired) electrons. The van der Waals surface area contributed by atoms with E-state index in [2.05, 4.69) is 20.3 Å². The molecule has 0 aliphatic heterocycles. The number of halogens is 3. The maximum absolute atomic E-state index is 6.30. The van der Waals surface area contributed by atoms with Crippen molar-refractivity contribution < 1.29 is 0 Å². The van der Waals surface area contributed by atoms with Gasteiger partial charge in [-0.3, -0.25) is 4.98 Å². The van der Waals surface area contributed by atoms with E-state index in [0.29, 0.717) is 32.4 Å². The van der Waals surface area contributed by atoms with Crippen molar-refractivity contribution in [3.05, 3.63) is 76.0 Å². The Bertz CT molecular complexity index is 1100. The molecule has 0 saturated carbocycles. The van der Waals surface area contributed by atoms with Gasteiger partial charge in [0.25, 0.3) is 0 Å². The van der Waals surface area contributed by atoms with E-state index < -0.39 is 0 Å². The fourth-order valence-corrected chi connectivity index (χ4v) is 3.14. The second-order valence-corrected chi connectivity index (χ2v) is 6.75. The van der Waals surface area contributed by atoms with Crippen LogP contribution in [0.1, 0.15) is 0 Å². The molecule has 2 aromatic heterocycles. The second kappa shape index (κ2) is 7.08. The molecule has 0 fully saturated rings. The van der Waals surface area contributed by atoms with E-state index in [9.17, 15) is 0 Å². The van der Waals surface area contributed by atoms with Crippen LogP contribution < -0.4 is 5.32 Å². The minimum Gasteiger partial charge on any atom is -0.338 e. The van der Waals surface area contributed by atoms with Crippen molar-refractivity contribution in [2.75, 3.05) is 5.32 Å². The third-order valence-electron chi connectivity index (χ3n) is 3.79. The van der Waals surface area contributed by atoms with E-state index in [-0.39, 0.29) is 0 Å². The topological polar surface area (TPSA) is 50.7 Å². The summed E-state index contributed by atoms with van der Waals surface area (Å²) in [6, 6.07) is 14.7. The Kier molecular flexibility index (Phi) is 4.64. The fourth-order valence-electron chi connectivity index (χ4n) is 2.54. The molecule has 7 heteroatoms. The maximum atomic E-state index is 6.30. The molecule has 128 valence electrons. The molecule has 0 atom stereocenters. The van der Waals surface area contributed by atoms with E-state index >= 15 is 0 Å². The standard InChI is InChI=1S/C19H11Cl3N4/c20-13-8-15(22)17(9-14(13)21)25-19-12-5-1-2-6-16(12)24-18(26-19)11-4-3-7-23-10-11/h1-10H,(H,24,25,26). The van der Waals surface area contributed by atoms with Gasteiger partial charge in [0.2, 0.25) is 0 Å². The van der Waals surface area contributed by atoms with Crippen LogP contribution in [0.2, 0.25) is 15.1 Å². The Balaban J connectivity index is 1.87. The first-order valence-corrected chi connectivity index (χ1v) is 8.84. The van der Waals surface area contributed by atoms with Gasteiger partial charge in [0.05, 0.1) is 26.3 Å². The number of anilines is 2. The van der Waals surface area contributed by atoms with Crippen molar-refractivity contribution >= 4 is 57.2 Å². The van der Waals surface area contributed by atoms with Gasteiger partial charge >= 0.3 is 0 Å². The molecular weight excluding hydrogens is 391 g/mol. The first kappa shape index (κ1) is 17.0. The van der Waals surface area contributed by atoms with Crippen LogP contribution in [-0.2, 0) is 0 Å². The second-order valence-electron chi connectivity index (χ2n) is 5.53. The maximum Gasteiger partial charge on any atom is 0.163 e. The van der Waals surface area contributed by atoms with Crippen LogP contribution in [0.25, 0.3) is 22.3 Å². The van der Waals surface area contributed by atoms with Crippen molar-refractivity contribution in [2.45, 2.75) is 0 Å². The Morgan fingerprint density at radius 3 is 2.42 bits per heavy atom. The molecule has 0 amide bonds. The highest BCUT2D eigenvalue weighted by Gasteiger charge is 2.12. The zero-order valence-corrected chi connectivity index (χ0v) is 15.5. The summed E-state index contributed by atoms with van der Waals surface area (Å²) >= 11 is 18.4. The molecule has 0 aliphatic rings. The number of fused-ring (bicyclic) bond motifs is 1. The summed E-state index contributed by atoms with van der Waals surface area (Å²) in [5.74, 6) is 1.19. The van der Waals surface area contributed by atoms with Gasteiger partial charge in [0.15, 0.2) is 5.82 Å². The van der Waals surface area contributed by atoms with Crippen LogP contribution in [0, 0.1) is 0 Å².